The summed E-state index contributed by atoms with van der Waals surface area (Å²) in [5, 5.41) is 9.04. The van der Waals surface area contributed by atoms with Crippen LogP contribution in [0.1, 0.15) is 63.5 Å². The molecular formula is C17H24O2. The van der Waals surface area contributed by atoms with E-state index in [2.05, 4.69) is 45.0 Å². The molecule has 1 aliphatic carbocycles. The van der Waals surface area contributed by atoms with Gasteiger partial charge in [0.25, 0.3) is 0 Å². The second kappa shape index (κ2) is 5.36. The lowest BCUT2D eigenvalue weighted by Gasteiger charge is -2.24. The Morgan fingerprint density at radius 1 is 1.32 bits per heavy atom. The van der Waals surface area contributed by atoms with Gasteiger partial charge in [-0.2, -0.15) is 0 Å². The molecule has 1 aliphatic rings. The lowest BCUT2D eigenvalue weighted by Crippen LogP contribution is -2.15. The Morgan fingerprint density at radius 2 is 1.89 bits per heavy atom. The Balaban J connectivity index is 2.18. The third-order valence-electron chi connectivity index (χ3n) is 4.59. The fourth-order valence-corrected chi connectivity index (χ4v) is 2.63. The summed E-state index contributed by atoms with van der Waals surface area (Å²) in [6, 6.07) is 8.63. The van der Waals surface area contributed by atoms with Crippen molar-refractivity contribution in [1.82, 2.24) is 0 Å². The minimum absolute atomic E-state index is 0.195. The summed E-state index contributed by atoms with van der Waals surface area (Å²) in [7, 11) is 0. The molecule has 1 saturated carbocycles. The van der Waals surface area contributed by atoms with Crippen molar-refractivity contribution >= 4 is 5.97 Å². The molecular weight excluding hydrogens is 236 g/mol. The summed E-state index contributed by atoms with van der Waals surface area (Å²) >= 11 is 0. The largest absolute Gasteiger partial charge is 0.481 e. The molecule has 1 fully saturated rings. The summed E-state index contributed by atoms with van der Waals surface area (Å²) in [4.78, 5) is 11.0. The van der Waals surface area contributed by atoms with Crippen molar-refractivity contribution in [2.75, 3.05) is 0 Å². The van der Waals surface area contributed by atoms with Crippen LogP contribution in [-0.2, 0) is 10.2 Å². The van der Waals surface area contributed by atoms with Gasteiger partial charge in [0.05, 0.1) is 6.42 Å². The van der Waals surface area contributed by atoms with E-state index in [9.17, 15) is 4.79 Å². The molecule has 104 valence electrons. The number of benzene rings is 1. The molecule has 0 amide bonds. The number of carboxylic acid groups (broad SMARTS) is 1. The molecule has 0 spiro atoms. The molecule has 1 unspecified atom stereocenters. The normalized spacial score (nSPS) is 17.2. The van der Waals surface area contributed by atoms with E-state index in [1.54, 1.807) is 0 Å². The van der Waals surface area contributed by atoms with Crippen LogP contribution in [0.4, 0.5) is 0 Å². The van der Waals surface area contributed by atoms with Crippen LogP contribution >= 0.6 is 0 Å². The highest BCUT2D eigenvalue weighted by atomic mass is 16.4. The highest BCUT2D eigenvalue weighted by Crippen LogP contribution is 2.44. The molecule has 0 heterocycles. The number of aliphatic carboxylic acids is 1. The average Bonchev–Trinajstić information content (AvgIpc) is 3.20. The molecule has 0 radical (unpaired) electrons. The molecule has 2 rings (SSSR count). The van der Waals surface area contributed by atoms with Crippen LogP contribution in [0, 0.1) is 5.92 Å². The number of carbonyl (C=O) groups is 1. The van der Waals surface area contributed by atoms with Gasteiger partial charge in [-0.3, -0.25) is 4.79 Å². The molecule has 0 aromatic heterocycles. The van der Waals surface area contributed by atoms with E-state index in [0.29, 0.717) is 5.92 Å². The van der Waals surface area contributed by atoms with Gasteiger partial charge in [0.1, 0.15) is 0 Å². The topological polar surface area (TPSA) is 37.3 Å². The second-order valence-corrected chi connectivity index (χ2v) is 6.40. The predicted molar refractivity (Wildman–Crippen MR) is 77.5 cm³/mol. The number of carboxylic acids is 1. The average molecular weight is 260 g/mol. The van der Waals surface area contributed by atoms with Gasteiger partial charge in [0.2, 0.25) is 0 Å². The third-order valence-corrected chi connectivity index (χ3v) is 4.59. The van der Waals surface area contributed by atoms with Gasteiger partial charge in [-0.05, 0) is 47.6 Å². The van der Waals surface area contributed by atoms with Crippen molar-refractivity contribution in [3.63, 3.8) is 0 Å². The van der Waals surface area contributed by atoms with Crippen molar-refractivity contribution in [3.05, 3.63) is 35.4 Å². The standard InChI is InChI=1S/C17H24O2/c1-4-17(2,3)14-9-7-13(8-10-14)15(11-16(18)19)12-5-6-12/h7-10,12,15H,4-6,11H2,1-3H3,(H,18,19). The molecule has 1 N–H and O–H groups in total. The third kappa shape index (κ3) is 3.37. The highest BCUT2D eigenvalue weighted by molar-refractivity contribution is 5.68. The molecule has 2 nitrogen and oxygen atoms in total. The fourth-order valence-electron chi connectivity index (χ4n) is 2.63. The van der Waals surface area contributed by atoms with E-state index in [-0.39, 0.29) is 17.8 Å². The van der Waals surface area contributed by atoms with Crippen molar-refractivity contribution < 1.29 is 9.90 Å². The van der Waals surface area contributed by atoms with Gasteiger partial charge in [0, 0.05) is 0 Å². The Morgan fingerprint density at radius 3 is 2.32 bits per heavy atom. The second-order valence-electron chi connectivity index (χ2n) is 6.40. The first-order valence-corrected chi connectivity index (χ1v) is 7.26. The van der Waals surface area contributed by atoms with Gasteiger partial charge in [-0.15, -0.1) is 0 Å². The quantitative estimate of drug-likeness (QED) is 0.826. The van der Waals surface area contributed by atoms with E-state index < -0.39 is 5.97 Å². The summed E-state index contributed by atoms with van der Waals surface area (Å²) in [5.41, 5.74) is 2.73. The van der Waals surface area contributed by atoms with Crippen LogP contribution in [0.25, 0.3) is 0 Å². The summed E-state index contributed by atoms with van der Waals surface area (Å²) in [5.74, 6) is 0.104. The van der Waals surface area contributed by atoms with Crippen LogP contribution < -0.4 is 0 Å². The van der Waals surface area contributed by atoms with Crippen LogP contribution in [0.2, 0.25) is 0 Å². The van der Waals surface area contributed by atoms with Gasteiger partial charge in [-0.25, -0.2) is 0 Å². The van der Waals surface area contributed by atoms with Gasteiger partial charge < -0.3 is 5.11 Å². The fraction of sp³-hybridized carbons (Fsp3) is 0.588. The van der Waals surface area contributed by atoms with Crippen LogP contribution in [-0.4, -0.2) is 11.1 Å². The summed E-state index contributed by atoms with van der Waals surface area (Å²) < 4.78 is 0. The lowest BCUT2D eigenvalue weighted by molar-refractivity contribution is -0.137. The zero-order valence-corrected chi connectivity index (χ0v) is 12.1. The number of hydrogen-bond donors (Lipinski definition) is 1. The summed E-state index contributed by atoms with van der Waals surface area (Å²) in [6.45, 7) is 6.70. The molecule has 1 aromatic carbocycles. The summed E-state index contributed by atoms with van der Waals surface area (Å²) in [6.07, 6.45) is 3.73. The van der Waals surface area contributed by atoms with E-state index >= 15 is 0 Å². The molecule has 1 atom stereocenters. The van der Waals surface area contributed by atoms with Gasteiger partial charge in [0.15, 0.2) is 0 Å². The van der Waals surface area contributed by atoms with E-state index in [1.807, 2.05) is 0 Å². The Hall–Kier alpha value is -1.31. The molecule has 1 aromatic rings. The van der Waals surface area contributed by atoms with Gasteiger partial charge in [-0.1, -0.05) is 45.0 Å². The highest BCUT2D eigenvalue weighted by Gasteiger charge is 2.33. The van der Waals surface area contributed by atoms with Crippen LogP contribution in [0.5, 0.6) is 0 Å². The van der Waals surface area contributed by atoms with Crippen molar-refractivity contribution in [3.8, 4) is 0 Å². The molecule has 0 saturated heterocycles. The molecule has 19 heavy (non-hydrogen) atoms. The number of hydrogen-bond acceptors (Lipinski definition) is 1. The van der Waals surface area contributed by atoms with Gasteiger partial charge >= 0.3 is 5.97 Å². The van der Waals surface area contributed by atoms with Crippen molar-refractivity contribution in [1.29, 1.82) is 0 Å². The maximum absolute atomic E-state index is 11.0. The minimum Gasteiger partial charge on any atom is -0.481 e. The first-order valence-electron chi connectivity index (χ1n) is 7.26. The predicted octanol–water partition coefficient (Wildman–Crippen LogP) is 4.34. The Kier molecular flexibility index (Phi) is 3.98. The first-order chi connectivity index (χ1) is 8.94. The van der Waals surface area contributed by atoms with Crippen molar-refractivity contribution in [2.24, 2.45) is 5.92 Å². The van der Waals surface area contributed by atoms with Crippen molar-refractivity contribution in [2.45, 2.75) is 57.8 Å². The smallest absolute Gasteiger partial charge is 0.303 e. The Bertz CT molecular complexity index is 441. The van der Waals surface area contributed by atoms with E-state index in [0.717, 1.165) is 6.42 Å². The molecule has 0 aliphatic heterocycles. The SMILES string of the molecule is CCC(C)(C)c1ccc(C(CC(=O)O)C2CC2)cc1. The first kappa shape index (κ1) is 14.1. The Labute approximate surface area is 115 Å². The molecule has 2 heteroatoms. The number of rotatable bonds is 6. The van der Waals surface area contributed by atoms with Crippen LogP contribution in [0.15, 0.2) is 24.3 Å². The maximum Gasteiger partial charge on any atom is 0.303 e. The zero-order chi connectivity index (χ0) is 14.0. The maximum atomic E-state index is 11.0. The van der Waals surface area contributed by atoms with E-state index in [4.69, 9.17) is 5.11 Å². The zero-order valence-electron chi connectivity index (χ0n) is 12.1. The minimum atomic E-state index is -0.685. The lowest BCUT2D eigenvalue weighted by atomic mass is 9.81. The monoisotopic (exact) mass is 260 g/mol. The molecule has 0 bridgehead atoms. The van der Waals surface area contributed by atoms with E-state index in [1.165, 1.54) is 24.0 Å². The van der Waals surface area contributed by atoms with Crippen LogP contribution in [0.3, 0.4) is 0 Å².